The molecule has 192 valence electrons. The van der Waals surface area contributed by atoms with Gasteiger partial charge in [0.15, 0.2) is 0 Å². The number of amides is 1. The number of hydrogen-bond donors (Lipinski definition) is 2. The molecular formula is C33H34N4O. The van der Waals surface area contributed by atoms with Crippen LogP contribution < -0.4 is 10.9 Å². The standard InChI is InChI=1S/C33H34N4O/c1-22-20-23(2)34-32-30(22)28-14-8-9-15-29(28)37(32)21-24-16-18-26(19-17-24)31(25-10-6-7-11-25)33(38)36-35-27-12-4-3-5-13-27/h3-5,8-9,12-20,25,31,35H,6-7,10-11,21H2,1-2H3,(H,36,38). The van der Waals surface area contributed by atoms with Gasteiger partial charge in [-0.2, -0.15) is 0 Å². The van der Waals surface area contributed by atoms with Gasteiger partial charge in [0.1, 0.15) is 5.65 Å². The van der Waals surface area contributed by atoms with E-state index in [0.717, 1.165) is 42.0 Å². The first kappa shape index (κ1) is 24.2. The van der Waals surface area contributed by atoms with Crippen LogP contribution in [0.25, 0.3) is 21.9 Å². The van der Waals surface area contributed by atoms with Gasteiger partial charge in [-0.3, -0.25) is 15.6 Å². The third-order valence-electron chi connectivity index (χ3n) is 7.98. The molecule has 1 unspecified atom stereocenters. The zero-order valence-corrected chi connectivity index (χ0v) is 22.1. The van der Waals surface area contributed by atoms with Gasteiger partial charge in [-0.15, -0.1) is 0 Å². The molecule has 2 aromatic heterocycles. The third-order valence-corrected chi connectivity index (χ3v) is 7.98. The molecule has 5 heteroatoms. The fourth-order valence-electron chi connectivity index (χ4n) is 6.21. The highest BCUT2D eigenvalue weighted by Crippen LogP contribution is 2.38. The Morgan fingerprint density at radius 3 is 2.42 bits per heavy atom. The Balaban J connectivity index is 1.29. The summed E-state index contributed by atoms with van der Waals surface area (Å²) in [4.78, 5) is 18.4. The number of benzene rings is 3. The molecule has 38 heavy (non-hydrogen) atoms. The highest BCUT2D eigenvalue weighted by Gasteiger charge is 2.32. The zero-order valence-electron chi connectivity index (χ0n) is 22.1. The maximum absolute atomic E-state index is 13.4. The van der Waals surface area contributed by atoms with E-state index in [9.17, 15) is 4.79 Å². The van der Waals surface area contributed by atoms with E-state index in [0.29, 0.717) is 5.92 Å². The van der Waals surface area contributed by atoms with E-state index in [2.05, 4.69) is 83.9 Å². The fourth-order valence-corrected chi connectivity index (χ4v) is 6.21. The number of carbonyl (C=O) groups is 1. The third kappa shape index (κ3) is 4.65. The van der Waals surface area contributed by atoms with Crippen molar-refractivity contribution in [3.63, 3.8) is 0 Å². The highest BCUT2D eigenvalue weighted by molar-refractivity contribution is 6.08. The zero-order chi connectivity index (χ0) is 26.1. The first-order valence-corrected chi connectivity index (χ1v) is 13.6. The summed E-state index contributed by atoms with van der Waals surface area (Å²) in [6.07, 6.45) is 4.57. The van der Waals surface area contributed by atoms with Gasteiger partial charge in [-0.05, 0) is 73.6 Å². The molecule has 0 radical (unpaired) electrons. The number of rotatable bonds is 7. The molecule has 1 saturated carbocycles. The molecule has 1 aliphatic carbocycles. The van der Waals surface area contributed by atoms with Gasteiger partial charge in [0.2, 0.25) is 5.91 Å². The molecule has 5 aromatic rings. The van der Waals surface area contributed by atoms with Crippen LogP contribution in [-0.2, 0) is 11.3 Å². The minimum absolute atomic E-state index is 0.0334. The summed E-state index contributed by atoms with van der Waals surface area (Å²) in [6.45, 7) is 4.96. The van der Waals surface area contributed by atoms with Crippen molar-refractivity contribution in [2.75, 3.05) is 5.43 Å². The lowest BCUT2D eigenvalue weighted by Crippen LogP contribution is -2.36. The Morgan fingerprint density at radius 1 is 0.947 bits per heavy atom. The van der Waals surface area contributed by atoms with Gasteiger partial charge in [-0.1, -0.05) is 73.5 Å². The molecule has 1 fully saturated rings. The largest absolute Gasteiger partial charge is 0.321 e. The van der Waals surface area contributed by atoms with Crippen LogP contribution in [0.1, 0.15) is 54.0 Å². The second-order valence-electron chi connectivity index (χ2n) is 10.6. The van der Waals surface area contributed by atoms with Gasteiger partial charge in [0, 0.05) is 23.0 Å². The van der Waals surface area contributed by atoms with Gasteiger partial charge in [-0.25, -0.2) is 4.98 Å². The molecule has 0 saturated heterocycles. The van der Waals surface area contributed by atoms with Crippen LogP contribution in [-0.4, -0.2) is 15.5 Å². The van der Waals surface area contributed by atoms with Crippen molar-refractivity contribution < 1.29 is 4.79 Å². The SMILES string of the molecule is Cc1cc(C)c2c3ccccc3n(Cc3ccc(C(C(=O)NNc4ccccc4)C4CCCC4)cc3)c2n1. The summed E-state index contributed by atoms with van der Waals surface area (Å²) in [5, 5.41) is 2.47. The lowest BCUT2D eigenvalue weighted by molar-refractivity contribution is -0.123. The molecule has 0 bridgehead atoms. The minimum Gasteiger partial charge on any atom is -0.321 e. The van der Waals surface area contributed by atoms with Crippen LogP contribution in [0.3, 0.4) is 0 Å². The Labute approximate surface area is 223 Å². The number of aryl methyl sites for hydroxylation is 2. The number of hydrazine groups is 1. The van der Waals surface area contributed by atoms with E-state index in [1.54, 1.807) is 0 Å². The Morgan fingerprint density at radius 2 is 1.66 bits per heavy atom. The van der Waals surface area contributed by atoms with Crippen LogP contribution in [0.5, 0.6) is 0 Å². The molecule has 2 heterocycles. The average molecular weight is 503 g/mol. The monoisotopic (exact) mass is 502 g/mol. The lowest BCUT2D eigenvalue weighted by Gasteiger charge is -2.24. The summed E-state index contributed by atoms with van der Waals surface area (Å²) in [6, 6.07) is 29.2. The smallest absolute Gasteiger partial charge is 0.246 e. The van der Waals surface area contributed by atoms with Crippen LogP contribution in [0.15, 0.2) is 84.9 Å². The molecule has 1 amide bonds. The first-order chi connectivity index (χ1) is 18.6. The second-order valence-corrected chi connectivity index (χ2v) is 10.6. The summed E-state index contributed by atoms with van der Waals surface area (Å²) in [5.74, 6) is 0.236. The normalized spacial score (nSPS) is 14.7. The van der Waals surface area contributed by atoms with Crippen LogP contribution >= 0.6 is 0 Å². The van der Waals surface area contributed by atoms with Crippen LogP contribution in [0.2, 0.25) is 0 Å². The number of pyridine rings is 1. The predicted molar refractivity (Wildman–Crippen MR) is 155 cm³/mol. The molecule has 0 spiro atoms. The highest BCUT2D eigenvalue weighted by atomic mass is 16.2. The summed E-state index contributed by atoms with van der Waals surface area (Å²) in [7, 11) is 0. The van der Waals surface area contributed by atoms with Gasteiger partial charge in [0.25, 0.3) is 0 Å². The van der Waals surface area contributed by atoms with Crippen molar-refractivity contribution in [1.82, 2.24) is 15.0 Å². The second kappa shape index (κ2) is 10.3. The fraction of sp³-hybridized carbons (Fsp3) is 0.273. The lowest BCUT2D eigenvalue weighted by atomic mass is 9.84. The minimum atomic E-state index is -0.164. The van der Waals surface area contributed by atoms with Crippen LogP contribution in [0.4, 0.5) is 5.69 Å². The predicted octanol–water partition coefficient (Wildman–Crippen LogP) is 7.27. The van der Waals surface area contributed by atoms with Crippen molar-refractivity contribution >= 4 is 33.5 Å². The summed E-state index contributed by atoms with van der Waals surface area (Å²) < 4.78 is 2.32. The van der Waals surface area contributed by atoms with E-state index in [4.69, 9.17) is 4.98 Å². The van der Waals surface area contributed by atoms with Gasteiger partial charge in [0.05, 0.1) is 17.1 Å². The number of nitrogens with zero attached hydrogens (tertiary/aromatic N) is 2. The number of aromatic nitrogens is 2. The number of carbonyl (C=O) groups excluding carboxylic acids is 1. The topological polar surface area (TPSA) is 59.0 Å². The maximum atomic E-state index is 13.4. The Bertz CT molecular complexity index is 1580. The molecule has 2 N–H and O–H groups in total. The molecule has 1 aliphatic rings. The quantitative estimate of drug-likeness (QED) is 0.230. The van der Waals surface area contributed by atoms with Gasteiger partial charge >= 0.3 is 0 Å². The number of para-hydroxylation sites is 2. The van der Waals surface area contributed by atoms with Crippen molar-refractivity contribution in [2.24, 2.45) is 5.92 Å². The van der Waals surface area contributed by atoms with Crippen molar-refractivity contribution in [3.05, 3.63) is 107 Å². The number of fused-ring (bicyclic) bond motifs is 3. The van der Waals surface area contributed by atoms with E-state index in [1.807, 2.05) is 30.3 Å². The van der Waals surface area contributed by atoms with E-state index < -0.39 is 0 Å². The Kier molecular flexibility index (Phi) is 6.59. The van der Waals surface area contributed by atoms with Crippen molar-refractivity contribution in [2.45, 2.75) is 52.0 Å². The maximum Gasteiger partial charge on any atom is 0.246 e. The van der Waals surface area contributed by atoms with E-state index in [-0.39, 0.29) is 11.8 Å². The average Bonchev–Trinajstić information content (AvgIpc) is 3.56. The molecule has 1 atom stereocenters. The van der Waals surface area contributed by atoms with Crippen molar-refractivity contribution in [3.8, 4) is 0 Å². The van der Waals surface area contributed by atoms with Gasteiger partial charge < -0.3 is 4.57 Å². The molecule has 0 aliphatic heterocycles. The summed E-state index contributed by atoms with van der Waals surface area (Å²) in [5.41, 5.74) is 13.7. The van der Waals surface area contributed by atoms with Crippen molar-refractivity contribution in [1.29, 1.82) is 0 Å². The summed E-state index contributed by atoms with van der Waals surface area (Å²) >= 11 is 0. The molecule has 6 rings (SSSR count). The van der Waals surface area contributed by atoms with E-state index in [1.165, 1.54) is 40.3 Å². The molecule has 5 nitrogen and oxygen atoms in total. The molecular weight excluding hydrogens is 468 g/mol. The van der Waals surface area contributed by atoms with Crippen LogP contribution in [0, 0.1) is 19.8 Å². The number of hydrogen-bond acceptors (Lipinski definition) is 3. The number of nitrogens with one attached hydrogen (secondary N) is 2. The Hall–Kier alpha value is -4.12. The number of anilines is 1. The van der Waals surface area contributed by atoms with E-state index >= 15 is 0 Å². The first-order valence-electron chi connectivity index (χ1n) is 13.6. The molecule has 3 aromatic carbocycles.